The number of guanidine groups is 1. The van der Waals surface area contributed by atoms with E-state index >= 15 is 0 Å². The summed E-state index contributed by atoms with van der Waals surface area (Å²) < 4.78 is 0. The Hall–Kier alpha value is -6.06. The van der Waals surface area contributed by atoms with Crippen LogP contribution in [0.3, 0.4) is 0 Å². The summed E-state index contributed by atoms with van der Waals surface area (Å²) in [6.45, 7) is 63.0. The Morgan fingerprint density at radius 3 is 1.19 bits per heavy atom. The maximum Gasteiger partial charge on any atom is 0.303 e. The van der Waals surface area contributed by atoms with Crippen LogP contribution in [0.2, 0.25) is 0 Å². The van der Waals surface area contributed by atoms with Gasteiger partial charge in [0.2, 0.25) is 11.8 Å². The van der Waals surface area contributed by atoms with E-state index < -0.39 is 11.9 Å². The van der Waals surface area contributed by atoms with Gasteiger partial charge in [-0.25, -0.2) is 4.98 Å². The fourth-order valence-corrected chi connectivity index (χ4v) is 8.83. The number of nitrogens with one attached hydrogen (secondary N) is 2. The molecule has 0 aliphatic heterocycles. The number of nitrogens with zero attached hydrogens (tertiary/aromatic N) is 2. The Balaban J connectivity index is -0.000000150. The number of aromatic nitrogens is 3. The average Bonchev–Trinajstić information content (AvgIpc) is 1.69. The summed E-state index contributed by atoms with van der Waals surface area (Å²) in [5.41, 5.74) is 32.0. The molecule has 0 spiro atoms. The van der Waals surface area contributed by atoms with E-state index in [-0.39, 0.29) is 36.2 Å². The van der Waals surface area contributed by atoms with Crippen molar-refractivity contribution in [1.29, 1.82) is 0 Å². The number of aliphatic hydroxyl groups excluding tert-OH is 2. The number of unbranched alkanes of at least 4 members (excludes halogenated alkanes) is 1. The minimum absolute atomic E-state index is 0.148. The molecule has 17 N–H and O–H groups in total. The van der Waals surface area contributed by atoms with E-state index in [2.05, 4.69) is 224 Å². The van der Waals surface area contributed by atoms with Crippen molar-refractivity contribution in [2.75, 3.05) is 37.5 Å². The lowest BCUT2D eigenvalue weighted by Crippen LogP contribution is -2.22. The van der Waals surface area contributed by atoms with Crippen molar-refractivity contribution in [3.8, 4) is 5.75 Å². The Kier molecular flexibility index (Phi) is 97.1. The lowest BCUT2D eigenvalue weighted by atomic mass is 10.0. The number of nitrogens with two attached hydrogens (primary N) is 5. The zero-order chi connectivity index (χ0) is 90.3. The predicted molar refractivity (Wildman–Crippen MR) is 504 cm³/mol. The number of carboxylic acid groups (broad SMARTS) is 2. The number of H-pyrrole nitrogens is 2. The second-order valence-corrected chi connectivity index (χ2v) is 35.9. The fourth-order valence-electron chi connectivity index (χ4n) is 8.12. The topological polar surface area (TPSA) is 356 Å². The van der Waals surface area contributed by atoms with Gasteiger partial charge in [-0.1, -0.05) is 267 Å². The molecule has 0 aliphatic carbocycles. The molecular weight excluding hydrogens is 1460 g/mol. The number of hydrogen-bond acceptors (Lipinski definition) is 12. The van der Waals surface area contributed by atoms with E-state index in [1.807, 2.05) is 99.3 Å². The highest BCUT2D eigenvalue weighted by molar-refractivity contribution is 7.98. The molecule has 5 aromatic rings. The van der Waals surface area contributed by atoms with E-state index in [1.54, 1.807) is 25.4 Å². The van der Waals surface area contributed by atoms with Crippen molar-refractivity contribution >= 4 is 65.0 Å². The number of thioether (sulfide) groups is 1. The lowest BCUT2D eigenvalue weighted by molar-refractivity contribution is -0.138. The van der Waals surface area contributed by atoms with Gasteiger partial charge in [0.25, 0.3) is 0 Å². The number of fused-ring (bicyclic) bond motifs is 1. The Morgan fingerprint density at radius 1 is 0.482 bits per heavy atom. The first-order valence-corrected chi connectivity index (χ1v) is 44.4. The van der Waals surface area contributed by atoms with E-state index in [1.165, 1.54) is 77.6 Å². The molecule has 2 aromatic heterocycles. The van der Waals surface area contributed by atoms with Gasteiger partial charge in [0.15, 0.2) is 5.96 Å². The third-order valence-corrected chi connectivity index (χ3v) is 16.1. The molecule has 18 nitrogen and oxygen atoms in total. The summed E-state index contributed by atoms with van der Waals surface area (Å²) in [6, 6.07) is 26.5. The summed E-state index contributed by atoms with van der Waals surface area (Å²) in [5.74, 6) is 9.76. The van der Waals surface area contributed by atoms with Crippen molar-refractivity contribution in [1.82, 2.24) is 15.0 Å². The molecule has 20 heteroatoms. The highest BCUT2D eigenvalue weighted by Gasteiger charge is 2.06. The number of aromatic hydroxyl groups is 1. The molecular formula is C94H181N9O9S2. The predicted octanol–water partition coefficient (Wildman–Crippen LogP) is 22.6. The van der Waals surface area contributed by atoms with Crippen molar-refractivity contribution in [3.05, 3.63) is 120 Å². The number of carbonyl (C=O) groups excluding carboxylic acids is 2. The van der Waals surface area contributed by atoms with Crippen molar-refractivity contribution < 1.29 is 44.7 Å². The number of phenols is 1. The average molecular weight is 1650 g/mol. The maximum absolute atomic E-state index is 10.1. The highest BCUT2D eigenvalue weighted by atomic mass is 32.2. The lowest BCUT2D eigenvalue weighted by Gasteiger charge is -2.04. The number of hydrogen-bond donors (Lipinski definition) is 13. The van der Waals surface area contributed by atoms with E-state index in [0.717, 1.165) is 92.9 Å². The minimum atomic E-state index is -0.713. The molecule has 668 valence electrons. The van der Waals surface area contributed by atoms with E-state index in [4.69, 9.17) is 54.2 Å². The smallest absolute Gasteiger partial charge is 0.303 e. The number of carbonyl (C=O) groups is 4. The number of amides is 2. The Morgan fingerprint density at radius 2 is 0.904 bits per heavy atom. The fraction of sp³-hybridized carbons (Fsp3) is 0.702. The largest absolute Gasteiger partial charge is 0.508 e. The second kappa shape index (κ2) is 87.8. The van der Waals surface area contributed by atoms with Crippen molar-refractivity contribution in [2.45, 2.75) is 310 Å². The van der Waals surface area contributed by atoms with Crippen LogP contribution in [0.15, 0.2) is 103 Å². The zero-order valence-electron chi connectivity index (χ0n) is 78.3. The van der Waals surface area contributed by atoms with Crippen LogP contribution in [-0.4, -0.2) is 114 Å². The molecule has 114 heavy (non-hydrogen) atoms. The number of benzene rings is 3. The van der Waals surface area contributed by atoms with Crippen LogP contribution in [0.5, 0.6) is 5.75 Å². The molecule has 1 unspecified atom stereocenters. The van der Waals surface area contributed by atoms with Gasteiger partial charge in [0.05, 0.1) is 12.4 Å². The van der Waals surface area contributed by atoms with Crippen molar-refractivity contribution in [2.24, 2.45) is 117 Å². The van der Waals surface area contributed by atoms with Gasteiger partial charge in [-0.05, 0) is 213 Å². The molecule has 0 fully saturated rings. The number of aliphatic hydroxyl groups is 2. The van der Waals surface area contributed by atoms with E-state index in [0.29, 0.717) is 73.0 Å². The SMILES string of the molecule is CC(C)C(C)O.CC(C)CC(=O)O.CC(C)CC(N)=O.CC(C)CCC(=O)O.CC(C)CCC(N)=O.CC(C)CCCCN.CC(C)CCCN=C(N)N.CC(C)CO.CC(C)CS.CC(C)Cc1c[nH]c2ccccc12.CC(C)Cc1ccc(O)cc1.CC(C)Cc1ccccc1.CC(C)Cc1cnc[nH]1.CSCCC(C)C. The third-order valence-electron chi connectivity index (χ3n) is 14.7. The quantitative estimate of drug-likeness (QED) is 0.00824. The van der Waals surface area contributed by atoms with Crippen LogP contribution in [0.4, 0.5) is 0 Å². The number of aliphatic carboxylic acids is 2. The van der Waals surface area contributed by atoms with E-state index in [9.17, 15) is 19.2 Å². The minimum Gasteiger partial charge on any atom is -0.508 e. The first-order valence-electron chi connectivity index (χ1n) is 42.4. The molecule has 0 saturated carbocycles. The normalized spacial score (nSPS) is 10.5. The van der Waals surface area contributed by atoms with Crippen LogP contribution in [0.25, 0.3) is 10.9 Å². The van der Waals surface area contributed by atoms with Crippen LogP contribution < -0.4 is 28.7 Å². The first-order chi connectivity index (χ1) is 52.9. The number of carboxylic acids is 2. The molecule has 5 rings (SSSR count). The number of imidazole rings is 1. The zero-order valence-corrected chi connectivity index (χ0v) is 80.0. The second-order valence-electron chi connectivity index (χ2n) is 34.6. The summed E-state index contributed by atoms with van der Waals surface area (Å²) in [6.07, 6.45) is 23.0. The van der Waals surface area contributed by atoms with Crippen LogP contribution >= 0.6 is 24.4 Å². The van der Waals surface area contributed by atoms with Gasteiger partial charge in [-0.15, -0.1) is 0 Å². The van der Waals surface area contributed by atoms with Gasteiger partial charge >= 0.3 is 11.9 Å². The molecule has 0 aliphatic rings. The highest BCUT2D eigenvalue weighted by Crippen LogP contribution is 2.21. The van der Waals surface area contributed by atoms with Gasteiger partial charge in [-0.3, -0.25) is 24.2 Å². The van der Waals surface area contributed by atoms with Crippen LogP contribution in [-0.2, 0) is 44.9 Å². The molecule has 2 heterocycles. The summed E-state index contributed by atoms with van der Waals surface area (Å²) in [5, 5.41) is 43.4. The molecule has 1 atom stereocenters. The van der Waals surface area contributed by atoms with Gasteiger partial charge < -0.3 is 64.2 Å². The van der Waals surface area contributed by atoms with Crippen molar-refractivity contribution in [3.63, 3.8) is 0 Å². The number of aliphatic imine (C=N–C) groups is 1. The molecule has 2 amide bonds. The standard InChI is InChI=1S/C12H15N.C10H14O.C10H14.C7H17N3.C7H12N2.C7H17N.C6H13NO.C6H12O2.C6H14S.C5H11NO.C5H10O2.C5H12O.C4H10O.C4H10S/c1-9(2)7-10-8-13-12-6-4-3-5-11(10)12;1-8(2)7-9-3-5-10(11)6-4-9;1-9(2)8-10-6-4-3-5-7-10;1-6(2)4-3-5-10-7(8)9;1-6(2)3-7-4-8-5-9-7;1-7(2)5-3-4-6-8;2*1-5(2)3-4-6(7)8;1-6(2)4-5-7-3;2*1-4(2)3-5(6)7;1-4(2)5(3)6;2*1-4(2)3-5/h3-6,8-9,13H,7H2,1-2H3;3-6,8,11H,7H2,1-2H3;3-7,9H,8H2,1-2H3;6H,3-5H2,1-2H3,(H4,8,9,10);4-6H,3H2,1-2H3,(H,8,9);7H,3-6,8H2,1-2H3;5H,3-4H2,1-2H3,(H2,7,8);5H,3-4H2,1-2H3,(H,7,8);6H,4-5H2,1-3H3;4H,3H2,1-2H3,(H2,6,7);4H,3H2,1-2H3,(H,6,7);4-6H,1-3H3;2*4-5H,3H2,1-2H3. The first kappa shape index (κ1) is 126. The van der Waals surface area contributed by atoms with Gasteiger partial charge in [-0.2, -0.15) is 24.4 Å². The van der Waals surface area contributed by atoms with Gasteiger partial charge in [0, 0.05) is 67.8 Å². The number of phenolic OH excluding ortho intramolecular Hbond substituents is 1. The summed E-state index contributed by atoms with van der Waals surface area (Å²) in [4.78, 5) is 54.0. The molecule has 3 aromatic carbocycles. The summed E-state index contributed by atoms with van der Waals surface area (Å²) in [7, 11) is 0. The van der Waals surface area contributed by atoms with Crippen LogP contribution in [0, 0.1) is 82.9 Å². The molecule has 0 radical (unpaired) electrons. The summed E-state index contributed by atoms with van der Waals surface area (Å²) >= 11 is 5.95. The van der Waals surface area contributed by atoms with Crippen LogP contribution in [0.1, 0.15) is 300 Å². The Labute approximate surface area is 709 Å². The number of thiol groups is 1. The molecule has 0 bridgehead atoms. The van der Waals surface area contributed by atoms with Gasteiger partial charge in [0.1, 0.15) is 5.75 Å². The maximum atomic E-state index is 10.1. The number of aromatic amines is 2. The molecule has 0 saturated heterocycles. The Bertz CT molecular complexity index is 2780. The monoisotopic (exact) mass is 1640 g/mol. The third kappa shape index (κ3) is 124. The number of rotatable bonds is 32. The number of primary amides is 2. The number of para-hydroxylation sites is 1.